The lowest BCUT2D eigenvalue weighted by Crippen LogP contribution is -2.49. The summed E-state index contributed by atoms with van der Waals surface area (Å²) in [5.74, 6) is -0.227. The van der Waals surface area contributed by atoms with E-state index in [1.807, 2.05) is 20.8 Å². The SMILES string of the molecule is COC(C)(C)CC(C)NC(=O)C1(O)CCCC1. The van der Waals surface area contributed by atoms with Crippen molar-refractivity contribution < 1.29 is 14.6 Å². The van der Waals surface area contributed by atoms with Crippen LogP contribution in [0.25, 0.3) is 0 Å². The summed E-state index contributed by atoms with van der Waals surface area (Å²) in [7, 11) is 1.67. The van der Waals surface area contributed by atoms with E-state index in [1.165, 1.54) is 0 Å². The second-order valence-corrected chi connectivity index (χ2v) is 5.78. The molecule has 0 heterocycles. The van der Waals surface area contributed by atoms with Crippen molar-refractivity contribution in [1.82, 2.24) is 5.32 Å². The molecule has 4 nitrogen and oxygen atoms in total. The predicted octanol–water partition coefficient (Wildman–Crippen LogP) is 1.61. The van der Waals surface area contributed by atoms with Crippen LogP contribution >= 0.6 is 0 Å². The molecule has 0 aromatic rings. The van der Waals surface area contributed by atoms with Crippen molar-refractivity contribution in [2.24, 2.45) is 0 Å². The lowest BCUT2D eigenvalue weighted by atomic mass is 9.97. The number of carbonyl (C=O) groups is 1. The third-order valence-corrected chi connectivity index (χ3v) is 3.58. The van der Waals surface area contributed by atoms with Crippen molar-refractivity contribution in [3.05, 3.63) is 0 Å². The van der Waals surface area contributed by atoms with Crippen LogP contribution in [0.4, 0.5) is 0 Å². The number of aliphatic hydroxyl groups is 1. The molecule has 0 aromatic carbocycles. The Morgan fingerprint density at radius 2 is 2.00 bits per heavy atom. The molecular formula is C13H25NO3. The van der Waals surface area contributed by atoms with Gasteiger partial charge < -0.3 is 15.2 Å². The molecule has 0 aromatic heterocycles. The Kier molecular flexibility index (Phi) is 4.55. The molecule has 1 aliphatic rings. The quantitative estimate of drug-likeness (QED) is 0.771. The summed E-state index contributed by atoms with van der Waals surface area (Å²) in [4.78, 5) is 11.9. The number of amides is 1. The van der Waals surface area contributed by atoms with Gasteiger partial charge in [-0.05, 0) is 52.9 Å². The standard InChI is InChI=1S/C13H25NO3/c1-10(9-12(2,3)17-4)14-11(15)13(16)7-5-6-8-13/h10,16H,5-9H2,1-4H3,(H,14,15). The van der Waals surface area contributed by atoms with Crippen LogP contribution in [-0.4, -0.2) is 35.4 Å². The Morgan fingerprint density at radius 1 is 1.47 bits per heavy atom. The van der Waals surface area contributed by atoms with Crippen molar-refractivity contribution in [2.45, 2.75) is 70.1 Å². The van der Waals surface area contributed by atoms with E-state index in [-0.39, 0.29) is 17.6 Å². The number of hydrogen-bond acceptors (Lipinski definition) is 3. The van der Waals surface area contributed by atoms with Gasteiger partial charge in [0.1, 0.15) is 5.60 Å². The van der Waals surface area contributed by atoms with Crippen LogP contribution in [0.5, 0.6) is 0 Å². The molecule has 1 amide bonds. The van der Waals surface area contributed by atoms with E-state index in [0.717, 1.165) is 19.3 Å². The van der Waals surface area contributed by atoms with Crippen LogP contribution < -0.4 is 5.32 Å². The third kappa shape index (κ3) is 3.96. The van der Waals surface area contributed by atoms with E-state index in [4.69, 9.17) is 4.74 Å². The maximum atomic E-state index is 11.9. The molecule has 1 fully saturated rings. The Balaban J connectivity index is 2.46. The summed E-state index contributed by atoms with van der Waals surface area (Å²) in [5, 5.41) is 13.0. The molecule has 100 valence electrons. The van der Waals surface area contributed by atoms with Crippen molar-refractivity contribution in [2.75, 3.05) is 7.11 Å². The largest absolute Gasteiger partial charge is 0.380 e. The van der Waals surface area contributed by atoms with Crippen LogP contribution in [0.2, 0.25) is 0 Å². The van der Waals surface area contributed by atoms with Gasteiger partial charge in [-0.1, -0.05) is 0 Å². The molecule has 4 heteroatoms. The normalized spacial score (nSPS) is 21.2. The van der Waals surface area contributed by atoms with Crippen LogP contribution in [-0.2, 0) is 9.53 Å². The van der Waals surface area contributed by atoms with Gasteiger partial charge in [0.15, 0.2) is 0 Å². The minimum atomic E-state index is -1.13. The summed E-state index contributed by atoms with van der Waals surface area (Å²) in [6, 6.07) is 0.00192. The van der Waals surface area contributed by atoms with Gasteiger partial charge in [0, 0.05) is 13.2 Å². The first-order valence-electron chi connectivity index (χ1n) is 6.38. The first-order chi connectivity index (χ1) is 7.79. The molecule has 0 spiro atoms. The summed E-state index contributed by atoms with van der Waals surface area (Å²) in [6.07, 6.45) is 3.76. The van der Waals surface area contributed by atoms with E-state index < -0.39 is 5.60 Å². The lowest BCUT2D eigenvalue weighted by Gasteiger charge is -2.29. The van der Waals surface area contributed by atoms with Crippen LogP contribution in [0.15, 0.2) is 0 Å². The van der Waals surface area contributed by atoms with Gasteiger partial charge >= 0.3 is 0 Å². The minimum absolute atomic E-state index is 0.00192. The van der Waals surface area contributed by atoms with Gasteiger partial charge in [-0.15, -0.1) is 0 Å². The number of methoxy groups -OCH3 is 1. The monoisotopic (exact) mass is 243 g/mol. The van der Waals surface area contributed by atoms with E-state index in [2.05, 4.69) is 5.32 Å². The maximum Gasteiger partial charge on any atom is 0.252 e. The van der Waals surface area contributed by atoms with Gasteiger partial charge in [0.2, 0.25) is 0 Å². The summed E-state index contributed by atoms with van der Waals surface area (Å²) < 4.78 is 5.33. The van der Waals surface area contributed by atoms with Crippen LogP contribution in [0.1, 0.15) is 52.9 Å². The molecule has 1 atom stereocenters. The van der Waals surface area contributed by atoms with Gasteiger partial charge in [0.05, 0.1) is 5.60 Å². The Labute approximate surface area is 104 Å². The topological polar surface area (TPSA) is 58.6 Å². The number of hydrogen-bond donors (Lipinski definition) is 2. The predicted molar refractivity (Wildman–Crippen MR) is 66.7 cm³/mol. The molecule has 0 aliphatic heterocycles. The molecule has 0 bridgehead atoms. The Hall–Kier alpha value is -0.610. The molecule has 2 N–H and O–H groups in total. The van der Waals surface area contributed by atoms with Crippen molar-refractivity contribution in [1.29, 1.82) is 0 Å². The van der Waals surface area contributed by atoms with Crippen molar-refractivity contribution in [3.8, 4) is 0 Å². The molecule has 1 aliphatic carbocycles. The van der Waals surface area contributed by atoms with Gasteiger partial charge in [0.25, 0.3) is 5.91 Å². The van der Waals surface area contributed by atoms with E-state index in [0.29, 0.717) is 12.8 Å². The first kappa shape index (κ1) is 14.5. The number of nitrogens with one attached hydrogen (secondary N) is 1. The molecule has 1 saturated carbocycles. The molecule has 0 radical (unpaired) electrons. The second kappa shape index (κ2) is 5.36. The highest BCUT2D eigenvalue weighted by Crippen LogP contribution is 2.29. The van der Waals surface area contributed by atoms with E-state index >= 15 is 0 Å². The molecule has 0 saturated heterocycles. The zero-order chi connectivity index (χ0) is 13.1. The molecule has 1 rings (SSSR count). The van der Waals surface area contributed by atoms with E-state index in [1.54, 1.807) is 7.11 Å². The first-order valence-corrected chi connectivity index (χ1v) is 6.38. The zero-order valence-corrected chi connectivity index (χ0v) is 11.4. The average Bonchev–Trinajstić information content (AvgIpc) is 2.65. The van der Waals surface area contributed by atoms with E-state index in [9.17, 15) is 9.90 Å². The van der Waals surface area contributed by atoms with Crippen molar-refractivity contribution >= 4 is 5.91 Å². The van der Waals surface area contributed by atoms with Gasteiger partial charge in [-0.3, -0.25) is 4.79 Å². The summed E-state index contributed by atoms with van der Waals surface area (Å²) in [5.41, 5.74) is -1.39. The summed E-state index contributed by atoms with van der Waals surface area (Å²) >= 11 is 0. The molecule has 1 unspecified atom stereocenters. The third-order valence-electron chi connectivity index (χ3n) is 3.58. The highest BCUT2D eigenvalue weighted by Gasteiger charge is 2.39. The fraction of sp³-hybridized carbons (Fsp3) is 0.923. The minimum Gasteiger partial charge on any atom is -0.380 e. The zero-order valence-electron chi connectivity index (χ0n) is 11.4. The Bertz CT molecular complexity index is 270. The maximum absolute atomic E-state index is 11.9. The highest BCUT2D eigenvalue weighted by molar-refractivity contribution is 5.85. The average molecular weight is 243 g/mol. The fourth-order valence-electron chi connectivity index (χ4n) is 2.42. The lowest BCUT2D eigenvalue weighted by molar-refractivity contribution is -0.140. The smallest absolute Gasteiger partial charge is 0.252 e. The van der Waals surface area contributed by atoms with Crippen LogP contribution in [0.3, 0.4) is 0 Å². The van der Waals surface area contributed by atoms with Gasteiger partial charge in [-0.2, -0.15) is 0 Å². The fourth-order valence-corrected chi connectivity index (χ4v) is 2.42. The number of carbonyl (C=O) groups excluding carboxylic acids is 1. The summed E-state index contributed by atoms with van der Waals surface area (Å²) in [6.45, 7) is 5.91. The van der Waals surface area contributed by atoms with Crippen LogP contribution in [0, 0.1) is 0 Å². The second-order valence-electron chi connectivity index (χ2n) is 5.78. The van der Waals surface area contributed by atoms with Gasteiger partial charge in [-0.25, -0.2) is 0 Å². The number of ether oxygens (including phenoxy) is 1. The molecular weight excluding hydrogens is 218 g/mol. The molecule has 17 heavy (non-hydrogen) atoms. The number of rotatable bonds is 5. The van der Waals surface area contributed by atoms with Crippen molar-refractivity contribution in [3.63, 3.8) is 0 Å². The Morgan fingerprint density at radius 3 is 2.47 bits per heavy atom. The highest BCUT2D eigenvalue weighted by atomic mass is 16.5.